The van der Waals surface area contributed by atoms with Crippen LogP contribution in [-0.4, -0.2) is 0 Å². The Labute approximate surface area is 94.8 Å². The van der Waals surface area contributed by atoms with Gasteiger partial charge in [0.25, 0.3) is 0 Å². The minimum Gasteiger partial charge on any atom is -0.104 e. The summed E-state index contributed by atoms with van der Waals surface area (Å²) < 4.78 is 0. The van der Waals surface area contributed by atoms with E-state index in [2.05, 4.69) is 49.4 Å². The van der Waals surface area contributed by atoms with Crippen molar-refractivity contribution in [1.29, 1.82) is 0 Å². The first-order valence-electron chi connectivity index (χ1n) is 5.56. The van der Waals surface area contributed by atoms with Crippen molar-refractivity contribution in [3.8, 4) is 35.5 Å². The van der Waals surface area contributed by atoms with Crippen molar-refractivity contribution in [2.24, 2.45) is 5.92 Å². The second kappa shape index (κ2) is 10.8. The van der Waals surface area contributed by atoms with Crippen LogP contribution in [0.5, 0.6) is 0 Å². The first kappa shape index (κ1) is 13.7. The zero-order chi connectivity index (χ0) is 11.4. The molecule has 0 N–H and O–H groups in total. The van der Waals surface area contributed by atoms with Crippen LogP contribution in [-0.2, 0) is 0 Å². The second-order valence-corrected chi connectivity index (χ2v) is 3.11. The molecule has 0 heterocycles. The number of hydrogen-bond acceptors (Lipinski definition) is 0. The molecule has 0 fully saturated rings. The summed E-state index contributed by atoms with van der Waals surface area (Å²) in [5.74, 6) is 18.6. The van der Waals surface area contributed by atoms with Crippen molar-refractivity contribution in [3.63, 3.8) is 0 Å². The van der Waals surface area contributed by atoms with E-state index in [-0.39, 0.29) is 5.92 Å². The summed E-state index contributed by atoms with van der Waals surface area (Å²) in [4.78, 5) is 0. The van der Waals surface area contributed by atoms with Gasteiger partial charge in [0.05, 0.1) is 5.92 Å². The average molecular weight is 199 g/mol. The van der Waals surface area contributed by atoms with Crippen LogP contribution in [0.25, 0.3) is 0 Å². The van der Waals surface area contributed by atoms with E-state index in [0.29, 0.717) is 6.42 Å². The highest BCUT2D eigenvalue weighted by Crippen LogP contribution is 1.99. The Morgan fingerprint density at radius 2 is 1.73 bits per heavy atom. The van der Waals surface area contributed by atoms with E-state index in [9.17, 15) is 0 Å². The van der Waals surface area contributed by atoms with Crippen molar-refractivity contribution in [3.05, 3.63) is 6.92 Å². The largest absolute Gasteiger partial charge is 0.104 e. The molecule has 0 nitrogen and oxygen atoms in total. The highest BCUT2D eigenvalue weighted by Gasteiger charge is 1.96. The molecule has 0 aliphatic rings. The molecule has 0 heteroatoms. The van der Waals surface area contributed by atoms with Crippen molar-refractivity contribution in [1.82, 2.24) is 0 Å². The predicted octanol–water partition coefficient (Wildman–Crippen LogP) is 3.44. The number of unbranched alkanes of at least 4 members (excludes halogenated alkanes) is 1. The molecule has 0 saturated heterocycles. The number of rotatable bonds is 2. The minimum atomic E-state index is 0.109. The normalized spacial score (nSPS) is 9.80. The molecule has 1 radical (unpaired) electrons. The van der Waals surface area contributed by atoms with Gasteiger partial charge in [-0.1, -0.05) is 25.7 Å². The summed E-state index contributed by atoms with van der Waals surface area (Å²) in [6, 6.07) is 0. The lowest BCUT2D eigenvalue weighted by atomic mass is 10.1. The van der Waals surface area contributed by atoms with E-state index in [1.807, 2.05) is 6.92 Å². The topological polar surface area (TPSA) is 0 Å². The van der Waals surface area contributed by atoms with Gasteiger partial charge in [-0.2, -0.15) is 0 Å². The van der Waals surface area contributed by atoms with Crippen molar-refractivity contribution < 1.29 is 0 Å². The van der Waals surface area contributed by atoms with E-state index < -0.39 is 0 Å². The zero-order valence-corrected chi connectivity index (χ0v) is 9.82. The molecule has 0 aliphatic carbocycles. The van der Waals surface area contributed by atoms with Crippen LogP contribution in [0, 0.1) is 48.4 Å². The molecule has 0 amide bonds. The van der Waals surface area contributed by atoms with Crippen LogP contribution in [0.15, 0.2) is 0 Å². The highest BCUT2D eigenvalue weighted by atomic mass is 14.0. The lowest BCUT2D eigenvalue weighted by Crippen LogP contribution is -1.91. The summed E-state index contributed by atoms with van der Waals surface area (Å²) in [6.45, 7) is 7.87. The standard InChI is InChI=1S/C15H19/c1-4-7-10-13-15(12-9-6-3)14-11-8-5-2/h15H,3-7,14H2,1-2H3. The smallest absolute Gasteiger partial charge is 0.0920 e. The minimum absolute atomic E-state index is 0.109. The number of hydrogen-bond donors (Lipinski definition) is 0. The Hall–Kier alpha value is -1.32. The molecule has 1 atom stereocenters. The molecule has 0 aromatic carbocycles. The average Bonchev–Trinajstić information content (AvgIpc) is 2.25. The fourth-order valence-electron chi connectivity index (χ4n) is 0.953. The molecule has 0 spiro atoms. The molecular weight excluding hydrogens is 180 g/mol. The van der Waals surface area contributed by atoms with Gasteiger partial charge in [-0.3, -0.25) is 0 Å². The van der Waals surface area contributed by atoms with Gasteiger partial charge in [0, 0.05) is 25.7 Å². The molecule has 0 aromatic rings. The zero-order valence-electron chi connectivity index (χ0n) is 9.82. The Kier molecular flexibility index (Phi) is 9.81. The molecule has 79 valence electrons. The lowest BCUT2D eigenvalue weighted by Gasteiger charge is -1.94. The SMILES string of the molecule is [CH2]CC#CC(C#CCCC)CC#CCC. The van der Waals surface area contributed by atoms with Gasteiger partial charge < -0.3 is 0 Å². The van der Waals surface area contributed by atoms with Crippen molar-refractivity contribution in [2.45, 2.75) is 46.0 Å². The summed E-state index contributed by atoms with van der Waals surface area (Å²) in [6.07, 6.45) is 4.36. The maximum atomic E-state index is 3.69. The van der Waals surface area contributed by atoms with Gasteiger partial charge in [-0.05, 0) is 13.3 Å². The van der Waals surface area contributed by atoms with Gasteiger partial charge >= 0.3 is 0 Å². The van der Waals surface area contributed by atoms with Crippen LogP contribution in [0.1, 0.15) is 46.0 Å². The fraction of sp³-hybridized carbons (Fsp3) is 0.533. The van der Waals surface area contributed by atoms with Gasteiger partial charge in [0.2, 0.25) is 0 Å². The van der Waals surface area contributed by atoms with Crippen molar-refractivity contribution in [2.75, 3.05) is 0 Å². The Morgan fingerprint density at radius 1 is 1.00 bits per heavy atom. The maximum absolute atomic E-state index is 3.69. The fourth-order valence-corrected chi connectivity index (χ4v) is 0.953. The summed E-state index contributed by atoms with van der Waals surface area (Å²) >= 11 is 0. The summed E-state index contributed by atoms with van der Waals surface area (Å²) in [7, 11) is 0. The third-order valence-corrected chi connectivity index (χ3v) is 1.66. The van der Waals surface area contributed by atoms with Crippen LogP contribution in [0.2, 0.25) is 0 Å². The summed E-state index contributed by atoms with van der Waals surface area (Å²) in [5, 5.41) is 0. The first-order valence-corrected chi connectivity index (χ1v) is 5.56. The van der Waals surface area contributed by atoms with E-state index in [4.69, 9.17) is 0 Å². The first-order chi connectivity index (χ1) is 7.35. The molecule has 1 unspecified atom stereocenters. The van der Waals surface area contributed by atoms with E-state index in [1.54, 1.807) is 0 Å². The summed E-state index contributed by atoms with van der Waals surface area (Å²) in [5.41, 5.74) is 0. The highest BCUT2D eigenvalue weighted by molar-refractivity contribution is 5.21. The molecule has 0 saturated carbocycles. The molecule has 0 aliphatic heterocycles. The third-order valence-electron chi connectivity index (χ3n) is 1.66. The monoisotopic (exact) mass is 199 g/mol. The van der Waals surface area contributed by atoms with Gasteiger partial charge in [-0.15, -0.1) is 23.7 Å². The Balaban J connectivity index is 4.26. The molecular formula is C15H19. The van der Waals surface area contributed by atoms with Gasteiger partial charge in [-0.25, -0.2) is 0 Å². The van der Waals surface area contributed by atoms with E-state index >= 15 is 0 Å². The Bertz CT molecular complexity index is 316. The molecule has 0 aromatic heterocycles. The van der Waals surface area contributed by atoms with E-state index in [1.165, 1.54) is 0 Å². The quantitative estimate of drug-likeness (QED) is 0.598. The second-order valence-electron chi connectivity index (χ2n) is 3.11. The van der Waals surface area contributed by atoms with Crippen LogP contribution < -0.4 is 0 Å². The van der Waals surface area contributed by atoms with Crippen molar-refractivity contribution >= 4 is 0 Å². The molecule has 0 bridgehead atoms. The molecule has 15 heavy (non-hydrogen) atoms. The van der Waals surface area contributed by atoms with Crippen LogP contribution >= 0.6 is 0 Å². The lowest BCUT2D eigenvalue weighted by molar-refractivity contribution is 0.906. The van der Waals surface area contributed by atoms with Crippen LogP contribution in [0.3, 0.4) is 0 Å². The Morgan fingerprint density at radius 3 is 2.33 bits per heavy atom. The maximum Gasteiger partial charge on any atom is 0.0920 e. The van der Waals surface area contributed by atoms with Crippen LogP contribution in [0.4, 0.5) is 0 Å². The van der Waals surface area contributed by atoms with E-state index in [0.717, 1.165) is 25.7 Å². The predicted molar refractivity (Wildman–Crippen MR) is 66.6 cm³/mol. The molecule has 0 rings (SSSR count). The third kappa shape index (κ3) is 9.00. The van der Waals surface area contributed by atoms with Gasteiger partial charge in [0.1, 0.15) is 0 Å². The van der Waals surface area contributed by atoms with Gasteiger partial charge in [0.15, 0.2) is 0 Å².